The summed E-state index contributed by atoms with van der Waals surface area (Å²) < 4.78 is 0. The molecule has 4 heteroatoms. The van der Waals surface area contributed by atoms with Crippen LogP contribution in [0.2, 0.25) is 0 Å². The molecule has 0 aromatic heterocycles. The fraction of sp³-hybridized carbons (Fsp3) is 0.500. The molecule has 0 atom stereocenters. The summed E-state index contributed by atoms with van der Waals surface area (Å²) in [5.74, 6) is 0.560. The molecule has 0 radical (unpaired) electrons. The third-order valence-corrected chi connectivity index (χ3v) is 3.03. The first-order valence-electron chi connectivity index (χ1n) is 5.70. The second-order valence-electron chi connectivity index (χ2n) is 4.29. The first-order chi connectivity index (χ1) is 7.74. The van der Waals surface area contributed by atoms with E-state index in [2.05, 4.69) is 12.2 Å². The minimum Gasteiger partial charge on any atom is -0.314 e. The lowest BCUT2D eigenvalue weighted by Gasteiger charge is -2.25. The van der Waals surface area contributed by atoms with Crippen LogP contribution in [0.1, 0.15) is 12.8 Å². The predicted octanol–water partition coefficient (Wildman–Crippen LogP) is 1.79. The Bertz CT molecular complexity index is 315. The maximum Gasteiger partial charge on any atom is 0.0636 e. The molecule has 2 N–H and O–H groups in total. The summed E-state index contributed by atoms with van der Waals surface area (Å²) in [6.07, 6.45) is 11.9. The van der Waals surface area contributed by atoms with Crippen LogP contribution < -0.4 is 0 Å². The van der Waals surface area contributed by atoms with Crippen molar-refractivity contribution in [2.45, 2.75) is 12.8 Å². The number of allylic oxidation sites excluding steroid dienone is 4. The van der Waals surface area contributed by atoms with Gasteiger partial charge in [0.1, 0.15) is 0 Å². The van der Waals surface area contributed by atoms with Gasteiger partial charge in [0.25, 0.3) is 0 Å². The topological polar surface area (TPSA) is 46.9 Å². The molecule has 1 fully saturated rings. The summed E-state index contributed by atoms with van der Waals surface area (Å²) in [5, 5.41) is 20.9. The first kappa shape index (κ1) is 11.4. The molecule has 1 saturated heterocycles. The number of piperidine rings is 1. The molecule has 4 nitrogen and oxygen atoms in total. The van der Waals surface area contributed by atoms with E-state index in [0.29, 0.717) is 12.5 Å². The quantitative estimate of drug-likeness (QED) is 0.747. The average Bonchev–Trinajstić information content (AvgIpc) is 2.30. The van der Waals surface area contributed by atoms with Crippen molar-refractivity contribution < 1.29 is 10.4 Å². The fourth-order valence-electron chi connectivity index (χ4n) is 1.95. The minimum atomic E-state index is 0.547. The molecule has 0 spiro atoms. The smallest absolute Gasteiger partial charge is 0.0636 e. The van der Waals surface area contributed by atoms with Crippen LogP contribution in [0, 0.1) is 5.92 Å². The lowest BCUT2D eigenvalue weighted by Crippen LogP contribution is -2.29. The largest absolute Gasteiger partial charge is 0.314 e. The van der Waals surface area contributed by atoms with Gasteiger partial charge in [0.05, 0.1) is 6.54 Å². The zero-order chi connectivity index (χ0) is 11.4. The number of hydrogen-bond donors (Lipinski definition) is 2. The third kappa shape index (κ3) is 3.20. The van der Waals surface area contributed by atoms with E-state index in [1.807, 2.05) is 12.2 Å². The number of rotatable bonds is 2. The molecule has 0 aromatic carbocycles. The van der Waals surface area contributed by atoms with Gasteiger partial charge in [-0.1, -0.05) is 18.2 Å². The summed E-state index contributed by atoms with van der Waals surface area (Å²) in [4.78, 5) is 0. The maximum absolute atomic E-state index is 9.23. The standard InChI is InChI=1S/C12H18N2O2/c15-13-7-3-11(4-8-13)1-2-12-5-9-14(16)10-6-12/h1-4,7,12,15-16H,5-6,8-10H2. The average molecular weight is 222 g/mol. The Balaban J connectivity index is 1.83. The van der Waals surface area contributed by atoms with Crippen LogP contribution in [0.15, 0.2) is 36.1 Å². The van der Waals surface area contributed by atoms with Crippen molar-refractivity contribution in [2.24, 2.45) is 5.92 Å². The van der Waals surface area contributed by atoms with E-state index in [1.165, 1.54) is 5.06 Å². The normalized spacial score (nSPS) is 24.1. The van der Waals surface area contributed by atoms with Crippen LogP contribution >= 0.6 is 0 Å². The highest BCUT2D eigenvalue weighted by atomic mass is 16.5. The molecule has 0 aromatic rings. The van der Waals surface area contributed by atoms with Gasteiger partial charge in [0, 0.05) is 19.3 Å². The van der Waals surface area contributed by atoms with Crippen molar-refractivity contribution in [1.82, 2.24) is 10.1 Å². The molecule has 2 aliphatic rings. The van der Waals surface area contributed by atoms with E-state index >= 15 is 0 Å². The Labute approximate surface area is 95.7 Å². The Hall–Kier alpha value is -1.10. The van der Waals surface area contributed by atoms with E-state index in [4.69, 9.17) is 5.21 Å². The highest BCUT2D eigenvalue weighted by Crippen LogP contribution is 2.18. The van der Waals surface area contributed by atoms with Crippen LogP contribution in [0.5, 0.6) is 0 Å². The second-order valence-corrected chi connectivity index (χ2v) is 4.29. The molecule has 0 aliphatic carbocycles. The van der Waals surface area contributed by atoms with Gasteiger partial charge < -0.3 is 5.21 Å². The summed E-state index contributed by atoms with van der Waals surface area (Å²) in [6, 6.07) is 0. The van der Waals surface area contributed by atoms with Gasteiger partial charge in [-0.05, 0) is 30.4 Å². The van der Waals surface area contributed by atoms with Crippen molar-refractivity contribution >= 4 is 0 Å². The predicted molar refractivity (Wildman–Crippen MR) is 60.9 cm³/mol. The van der Waals surface area contributed by atoms with E-state index < -0.39 is 0 Å². The highest BCUT2D eigenvalue weighted by molar-refractivity contribution is 5.32. The monoisotopic (exact) mass is 222 g/mol. The van der Waals surface area contributed by atoms with Crippen molar-refractivity contribution in [2.75, 3.05) is 19.6 Å². The van der Waals surface area contributed by atoms with Gasteiger partial charge >= 0.3 is 0 Å². The van der Waals surface area contributed by atoms with Gasteiger partial charge in [-0.25, -0.2) is 0 Å². The van der Waals surface area contributed by atoms with Gasteiger partial charge in [-0.3, -0.25) is 10.3 Å². The molecule has 0 bridgehead atoms. The summed E-state index contributed by atoms with van der Waals surface area (Å²) in [5.41, 5.74) is 1.14. The molecule has 0 unspecified atom stereocenters. The van der Waals surface area contributed by atoms with Gasteiger partial charge in [0.2, 0.25) is 0 Å². The Kier molecular flexibility index (Phi) is 3.77. The molecule has 2 rings (SSSR count). The Morgan fingerprint density at radius 3 is 2.62 bits per heavy atom. The lowest BCUT2D eigenvalue weighted by molar-refractivity contribution is -0.108. The molecular weight excluding hydrogens is 204 g/mol. The van der Waals surface area contributed by atoms with E-state index in [9.17, 15) is 5.21 Å². The molecule has 88 valence electrons. The van der Waals surface area contributed by atoms with E-state index in [-0.39, 0.29) is 0 Å². The molecule has 0 amide bonds. The lowest BCUT2D eigenvalue weighted by atomic mass is 9.96. The first-order valence-corrected chi connectivity index (χ1v) is 5.70. The molecule has 2 heterocycles. The van der Waals surface area contributed by atoms with Crippen molar-refractivity contribution in [3.8, 4) is 0 Å². The van der Waals surface area contributed by atoms with Crippen LogP contribution in [0.3, 0.4) is 0 Å². The number of hydroxylamine groups is 4. The van der Waals surface area contributed by atoms with Crippen LogP contribution in [-0.4, -0.2) is 40.2 Å². The Morgan fingerprint density at radius 1 is 1.25 bits per heavy atom. The highest BCUT2D eigenvalue weighted by Gasteiger charge is 2.14. The zero-order valence-electron chi connectivity index (χ0n) is 9.29. The van der Waals surface area contributed by atoms with E-state index in [1.54, 1.807) is 6.20 Å². The molecule has 2 aliphatic heterocycles. The van der Waals surface area contributed by atoms with Gasteiger partial charge in [-0.15, -0.1) is 0 Å². The van der Waals surface area contributed by atoms with Gasteiger partial charge in [-0.2, -0.15) is 5.06 Å². The van der Waals surface area contributed by atoms with Crippen LogP contribution in [0.4, 0.5) is 0 Å². The zero-order valence-corrected chi connectivity index (χ0v) is 9.29. The van der Waals surface area contributed by atoms with Crippen molar-refractivity contribution in [1.29, 1.82) is 0 Å². The third-order valence-electron chi connectivity index (χ3n) is 3.03. The maximum atomic E-state index is 9.23. The summed E-state index contributed by atoms with van der Waals surface area (Å²) in [6.45, 7) is 2.06. The summed E-state index contributed by atoms with van der Waals surface area (Å²) >= 11 is 0. The van der Waals surface area contributed by atoms with E-state index in [0.717, 1.165) is 36.6 Å². The van der Waals surface area contributed by atoms with Crippen LogP contribution in [0.25, 0.3) is 0 Å². The Morgan fingerprint density at radius 2 is 2.00 bits per heavy atom. The van der Waals surface area contributed by atoms with Crippen molar-refractivity contribution in [3.05, 3.63) is 36.1 Å². The molecule has 0 saturated carbocycles. The van der Waals surface area contributed by atoms with Crippen molar-refractivity contribution in [3.63, 3.8) is 0 Å². The number of hydrogen-bond acceptors (Lipinski definition) is 4. The SMILES string of the molecule is ON1C=CC(C=CC2CCN(O)CC2)=CC1. The number of nitrogens with zero attached hydrogens (tertiary/aromatic N) is 2. The molecule has 16 heavy (non-hydrogen) atoms. The van der Waals surface area contributed by atoms with Gasteiger partial charge in [0.15, 0.2) is 0 Å². The second kappa shape index (κ2) is 5.30. The van der Waals surface area contributed by atoms with Crippen LogP contribution in [-0.2, 0) is 0 Å². The molecular formula is C12H18N2O2. The fourth-order valence-corrected chi connectivity index (χ4v) is 1.95. The minimum absolute atomic E-state index is 0.547. The summed E-state index contributed by atoms with van der Waals surface area (Å²) in [7, 11) is 0.